The number of aromatic nitrogens is 3. The number of carboxylic acid groups (broad SMARTS) is 1. The van der Waals surface area contributed by atoms with Crippen LogP contribution in [0.4, 0.5) is 0 Å². The highest BCUT2D eigenvalue weighted by Crippen LogP contribution is 2.09. The molecule has 0 aliphatic carbocycles. The van der Waals surface area contributed by atoms with Crippen LogP contribution in [-0.4, -0.2) is 25.8 Å². The van der Waals surface area contributed by atoms with Crippen LogP contribution < -0.4 is 0 Å². The Hall–Kier alpha value is -1.39. The van der Waals surface area contributed by atoms with Crippen LogP contribution in [0.25, 0.3) is 0 Å². The zero-order valence-corrected chi connectivity index (χ0v) is 8.47. The van der Waals surface area contributed by atoms with Crippen molar-refractivity contribution in [1.82, 2.24) is 14.8 Å². The van der Waals surface area contributed by atoms with E-state index in [1.165, 1.54) is 6.33 Å². The molecule has 0 saturated carbocycles. The van der Waals surface area contributed by atoms with Gasteiger partial charge in [0.2, 0.25) is 0 Å². The number of aryl methyl sites for hydroxylation is 1. The lowest BCUT2D eigenvalue weighted by Gasteiger charge is -2.08. The van der Waals surface area contributed by atoms with Crippen LogP contribution >= 0.6 is 0 Å². The molecule has 0 aromatic carbocycles. The molecule has 0 radical (unpaired) electrons. The quantitative estimate of drug-likeness (QED) is 0.763. The van der Waals surface area contributed by atoms with Gasteiger partial charge >= 0.3 is 5.97 Å². The first kappa shape index (κ1) is 10.7. The molecule has 0 saturated heterocycles. The van der Waals surface area contributed by atoms with Gasteiger partial charge in [0.1, 0.15) is 12.2 Å². The Morgan fingerprint density at radius 3 is 3.00 bits per heavy atom. The fraction of sp³-hybridized carbons (Fsp3) is 0.667. The number of nitrogens with zero attached hydrogens (tertiary/aromatic N) is 3. The van der Waals surface area contributed by atoms with E-state index in [1.807, 2.05) is 13.8 Å². The molecule has 1 aromatic rings. The molecule has 1 heterocycles. The van der Waals surface area contributed by atoms with E-state index in [0.717, 1.165) is 12.4 Å². The number of carbonyl (C=O) groups is 1. The Morgan fingerprint density at radius 1 is 1.71 bits per heavy atom. The number of rotatable bonds is 5. The molecule has 14 heavy (non-hydrogen) atoms. The molecule has 0 amide bonds. The van der Waals surface area contributed by atoms with E-state index in [-0.39, 0.29) is 12.3 Å². The Labute approximate surface area is 82.8 Å². The lowest BCUT2D eigenvalue weighted by Crippen LogP contribution is -2.11. The monoisotopic (exact) mass is 197 g/mol. The van der Waals surface area contributed by atoms with E-state index >= 15 is 0 Å². The summed E-state index contributed by atoms with van der Waals surface area (Å²) in [5, 5.41) is 12.6. The first-order chi connectivity index (χ1) is 6.63. The summed E-state index contributed by atoms with van der Waals surface area (Å²) in [5.74, 6) is 0.198. The standard InChI is InChI=1S/C9H15N3O2/c1-3-12-8(10-6-11-12)4-7(2)5-9(13)14/h6-7H,3-5H2,1-2H3,(H,13,14). The molecule has 5 heteroatoms. The van der Waals surface area contributed by atoms with Gasteiger partial charge in [-0.15, -0.1) is 0 Å². The van der Waals surface area contributed by atoms with Gasteiger partial charge in [-0.05, 0) is 12.8 Å². The van der Waals surface area contributed by atoms with Gasteiger partial charge in [-0.3, -0.25) is 9.48 Å². The molecule has 0 spiro atoms. The van der Waals surface area contributed by atoms with Gasteiger partial charge in [-0.1, -0.05) is 6.92 Å². The van der Waals surface area contributed by atoms with Crippen molar-refractivity contribution >= 4 is 5.97 Å². The van der Waals surface area contributed by atoms with E-state index in [9.17, 15) is 4.79 Å². The normalized spacial score (nSPS) is 12.7. The molecule has 1 atom stereocenters. The molecule has 0 aliphatic heterocycles. The summed E-state index contributed by atoms with van der Waals surface area (Å²) in [7, 11) is 0. The largest absolute Gasteiger partial charge is 0.481 e. The lowest BCUT2D eigenvalue weighted by atomic mass is 10.0. The van der Waals surface area contributed by atoms with Crippen molar-refractivity contribution in [3.8, 4) is 0 Å². The van der Waals surface area contributed by atoms with Gasteiger partial charge in [-0.25, -0.2) is 4.98 Å². The van der Waals surface area contributed by atoms with Gasteiger partial charge in [0.15, 0.2) is 0 Å². The second kappa shape index (κ2) is 4.74. The minimum absolute atomic E-state index is 0.0991. The number of carboxylic acids is 1. The Morgan fingerprint density at radius 2 is 2.43 bits per heavy atom. The van der Waals surface area contributed by atoms with Crippen LogP contribution in [0.5, 0.6) is 0 Å². The van der Waals surface area contributed by atoms with Gasteiger partial charge in [-0.2, -0.15) is 5.10 Å². The van der Waals surface area contributed by atoms with Crippen molar-refractivity contribution < 1.29 is 9.90 Å². The lowest BCUT2D eigenvalue weighted by molar-refractivity contribution is -0.137. The first-order valence-corrected chi connectivity index (χ1v) is 4.72. The van der Waals surface area contributed by atoms with E-state index in [1.54, 1.807) is 4.68 Å². The van der Waals surface area contributed by atoms with Crippen LogP contribution in [0.15, 0.2) is 6.33 Å². The second-order valence-electron chi connectivity index (χ2n) is 3.40. The SMILES string of the molecule is CCn1ncnc1CC(C)CC(=O)O. The third-order valence-corrected chi connectivity index (χ3v) is 2.05. The fourth-order valence-corrected chi connectivity index (χ4v) is 1.39. The second-order valence-corrected chi connectivity index (χ2v) is 3.40. The van der Waals surface area contributed by atoms with Crippen molar-refractivity contribution in [2.75, 3.05) is 0 Å². The summed E-state index contributed by atoms with van der Waals surface area (Å²) in [5.41, 5.74) is 0. The zero-order valence-electron chi connectivity index (χ0n) is 8.47. The number of aliphatic carboxylic acids is 1. The van der Waals surface area contributed by atoms with Crippen LogP contribution in [0.1, 0.15) is 26.1 Å². The molecule has 1 aromatic heterocycles. The molecule has 5 nitrogen and oxygen atoms in total. The summed E-state index contributed by atoms with van der Waals surface area (Å²) in [6, 6.07) is 0. The van der Waals surface area contributed by atoms with Crippen molar-refractivity contribution in [3.05, 3.63) is 12.2 Å². The van der Waals surface area contributed by atoms with E-state index in [2.05, 4.69) is 10.1 Å². The minimum atomic E-state index is -0.764. The molecule has 1 N–H and O–H groups in total. The maximum atomic E-state index is 10.4. The van der Waals surface area contributed by atoms with Gasteiger partial charge in [0, 0.05) is 19.4 Å². The van der Waals surface area contributed by atoms with Crippen LogP contribution in [0.2, 0.25) is 0 Å². The topological polar surface area (TPSA) is 68.0 Å². The molecule has 0 fully saturated rings. The van der Waals surface area contributed by atoms with Gasteiger partial charge < -0.3 is 5.11 Å². The number of hydrogen-bond donors (Lipinski definition) is 1. The Bertz CT molecular complexity index is 309. The summed E-state index contributed by atoms with van der Waals surface area (Å²) < 4.78 is 1.79. The zero-order chi connectivity index (χ0) is 10.6. The van der Waals surface area contributed by atoms with Crippen LogP contribution in [-0.2, 0) is 17.8 Å². The first-order valence-electron chi connectivity index (χ1n) is 4.72. The third-order valence-electron chi connectivity index (χ3n) is 2.05. The van der Waals surface area contributed by atoms with Crippen LogP contribution in [0.3, 0.4) is 0 Å². The highest BCUT2D eigenvalue weighted by molar-refractivity contribution is 5.66. The molecular formula is C9H15N3O2. The van der Waals surface area contributed by atoms with Crippen molar-refractivity contribution in [2.45, 2.75) is 33.2 Å². The molecule has 0 aliphatic rings. The summed E-state index contributed by atoms with van der Waals surface area (Å²) in [6.45, 7) is 4.66. The average Bonchev–Trinajstić information content (AvgIpc) is 2.50. The summed E-state index contributed by atoms with van der Waals surface area (Å²) in [4.78, 5) is 14.5. The molecule has 0 bridgehead atoms. The molecular weight excluding hydrogens is 182 g/mol. The highest BCUT2D eigenvalue weighted by atomic mass is 16.4. The maximum absolute atomic E-state index is 10.4. The Balaban J connectivity index is 2.55. The number of hydrogen-bond acceptors (Lipinski definition) is 3. The summed E-state index contributed by atoms with van der Waals surface area (Å²) in [6.07, 6.45) is 2.35. The molecule has 78 valence electrons. The van der Waals surface area contributed by atoms with E-state index in [4.69, 9.17) is 5.11 Å². The van der Waals surface area contributed by atoms with Crippen molar-refractivity contribution in [2.24, 2.45) is 5.92 Å². The minimum Gasteiger partial charge on any atom is -0.481 e. The third kappa shape index (κ3) is 2.83. The maximum Gasteiger partial charge on any atom is 0.303 e. The molecule has 1 rings (SSSR count). The van der Waals surface area contributed by atoms with Gasteiger partial charge in [0.05, 0.1) is 0 Å². The van der Waals surface area contributed by atoms with Gasteiger partial charge in [0.25, 0.3) is 0 Å². The average molecular weight is 197 g/mol. The smallest absolute Gasteiger partial charge is 0.303 e. The fourth-order valence-electron chi connectivity index (χ4n) is 1.39. The predicted octanol–water partition coefficient (Wildman–Crippen LogP) is 0.951. The van der Waals surface area contributed by atoms with E-state index in [0.29, 0.717) is 6.42 Å². The van der Waals surface area contributed by atoms with Crippen molar-refractivity contribution in [1.29, 1.82) is 0 Å². The highest BCUT2D eigenvalue weighted by Gasteiger charge is 2.11. The van der Waals surface area contributed by atoms with Crippen molar-refractivity contribution in [3.63, 3.8) is 0 Å². The summed E-state index contributed by atoms with van der Waals surface area (Å²) >= 11 is 0. The molecule has 1 unspecified atom stereocenters. The Kier molecular flexibility index (Phi) is 3.62. The predicted molar refractivity (Wildman–Crippen MR) is 50.8 cm³/mol. The van der Waals surface area contributed by atoms with Crippen LogP contribution in [0, 0.1) is 5.92 Å². The van der Waals surface area contributed by atoms with E-state index < -0.39 is 5.97 Å².